The molecule has 1 N–H and O–H groups in total. The molecular weight excluding hydrogens is 284 g/mol. The number of ether oxygens (including phenoxy) is 1. The Morgan fingerprint density at radius 3 is 2.50 bits per heavy atom. The average Bonchev–Trinajstić information content (AvgIpc) is 2.72. The molecule has 1 aliphatic carbocycles. The van der Waals surface area contributed by atoms with E-state index in [1.807, 2.05) is 0 Å². The first-order chi connectivity index (χ1) is 10.6. The summed E-state index contributed by atoms with van der Waals surface area (Å²) in [6.45, 7) is 0.662. The van der Waals surface area contributed by atoms with Crippen LogP contribution >= 0.6 is 0 Å². The maximum absolute atomic E-state index is 12.4. The molecule has 1 saturated heterocycles. The molecule has 0 aromatic rings. The summed E-state index contributed by atoms with van der Waals surface area (Å²) >= 11 is 0. The Kier molecular flexibility index (Phi) is 5.80. The van der Waals surface area contributed by atoms with Gasteiger partial charge in [-0.1, -0.05) is 25.7 Å². The maximum Gasteiger partial charge on any atom is 0.331 e. The molecular formula is C16H26N2O4. The Morgan fingerprint density at radius 2 is 1.82 bits per heavy atom. The van der Waals surface area contributed by atoms with Gasteiger partial charge in [-0.15, -0.1) is 0 Å². The van der Waals surface area contributed by atoms with Crippen molar-refractivity contribution in [3.63, 3.8) is 0 Å². The highest BCUT2D eigenvalue weighted by Crippen LogP contribution is 2.29. The number of hydrogen-bond donors (Lipinski definition) is 1. The summed E-state index contributed by atoms with van der Waals surface area (Å²) in [4.78, 5) is 38.0. The van der Waals surface area contributed by atoms with Gasteiger partial charge in [-0.05, 0) is 25.7 Å². The molecule has 0 aromatic carbocycles. The summed E-state index contributed by atoms with van der Waals surface area (Å²) in [7, 11) is 1.35. The lowest BCUT2D eigenvalue weighted by Gasteiger charge is -2.35. The van der Waals surface area contributed by atoms with Crippen LogP contribution in [0.4, 0.5) is 0 Å². The van der Waals surface area contributed by atoms with Gasteiger partial charge < -0.3 is 15.0 Å². The lowest BCUT2D eigenvalue weighted by atomic mass is 9.81. The predicted octanol–water partition coefficient (Wildman–Crippen LogP) is 1.38. The van der Waals surface area contributed by atoms with Crippen molar-refractivity contribution in [2.45, 2.75) is 63.3 Å². The van der Waals surface area contributed by atoms with Crippen LogP contribution in [0.25, 0.3) is 0 Å². The van der Waals surface area contributed by atoms with Crippen molar-refractivity contribution in [1.29, 1.82) is 0 Å². The smallest absolute Gasteiger partial charge is 0.331 e. The Morgan fingerprint density at radius 1 is 1.14 bits per heavy atom. The third kappa shape index (κ3) is 3.99. The van der Waals surface area contributed by atoms with E-state index in [1.165, 1.54) is 7.11 Å². The van der Waals surface area contributed by atoms with E-state index in [9.17, 15) is 14.4 Å². The summed E-state index contributed by atoms with van der Waals surface area (Å²) in [6, 6.07) is 0. The molecule has 2 amide bonds. The van der Waals surface area contributed by atoms with Crippen LogP contribution in [0.3, 0.4) is 0 Å². The summed E-state index contributed by atoms with van der Waals surface area (Å²) < 4.78 is 4.89. The van der Waals surface area contributed by atoms with E-state index in [-0.39, 0.29) is 24.3 Å². The third-order valence-corrected chi connectivity index (χ3v) is 4.67. The molecule has 6 heteroatoms. The third-order valence-electron chi connectivity index (χ3n) is 4.67. The van der Waals surface area contributed by atoms with E-state index < -0.39 is 5.54 Å². The second-order valence-corrected chi connectivity index (χ2v) is 6.31. The standard InChI is InChI=1S/C16H26N2O4/c1-22-15(21)16(9-5-3-6-10-16)17-13(19)12-18-11-7-2-4-8-14(18)20/h2-12H2,1H3,(H,17,19). The van der Waals surface area contributed by atoms with Crippen molar-refractivity contribution in [3.05, 3.63) is 0 Å². The molecule has 2 rings (SSSR count). The number of nitrogens with one attached hydrogen (secondary N) is 1. The number of amides is 2. The fourth-order valence-corrected chi connectivity index (χ4v) is 3.42. The highest BCUT2D eigenvalue weighted by Gasteiger charge is 2.42. The molecule has 0 atom stereocenters. The van der Waals surface area contributed by atoms with Crippen molar-refractivity contribution in [2.75, 3.05) is 20.2 Å². The summed E-state index contributed by atoms with van der Waals surface area (Å²) in [6.07, 6.45) is 7.45. The zero-order chi connectivity index (χ0) is 16.0. The predicted molar refractivity (Wildman–Crippen MR) is 81.0 cm³/mol. The molecule has 22 heavy (non-hydrogen) atoms. The highest BCUT2D eigenvalue weighted by molar-refractivity contribution is 5.90. The number of rotatable bonds is 4. The molecule has 0 radical (unpaired) electrons. The Bertz CT molecular complexity index is 430. The largest absolute Gasteiger partial charge is 0.467 e. The monoisotopic (exact) mass is 310 g/mol. The second kappa shape index (κ2) is 7.61. The van der Waals surface area contributed by atoms with Crippen molar-refractivity contribution in [1.82, 2.24) is 10.2 Å². The summed E-state index contributed by atoms with van der Waals surface area (Å²) in [5, 5.41) is 2.86. The minimum atomic E-state index is -0.904. The van der Waals surface area contributed by atoms with Gasteiger partial charge in [-0.3, -0.25) is 9.59 Å². The van der Waals surface area contributed by atoms with Crippen LogP contribution in [0.5, 0.6) is 0 Å². The van der Waals surface area contributed by atoms with Gasteiger partial charge in [0, 0.05) is 13.0 Å². The van der Waals surface area contributed by atoms with Crippen LogP contribution in [-0.4, -0.2) is 48.4 Å². The highest BCUT2D eigenvalue weighted by atomic mass is 16.5. The number of likely N-dealkylation sites (tertiary alicyclic amines) is 1. The van der Waals surface area contributed by atoms with Gasteiger partial charge in [0.05, 0.1) is 13.7 Å². The van der Waals surface area contributed by atoms with E-state index in [0.717, 1.165) is 38.5 Å². The Balaban J connectivity index is 1.98. The van der Waals surface area contributed by atoms with E-state index in [1.54, 1.807) is 4.90 Å². The average molecular weight is 310 g/mol. The SMILES string of the molecule is COC(=O)C1(NC(=O)CN2CCCCCC2=O)CCCCC1. The molecule has 0 unspecified atom stereocenters. The number of carbonyl (C=O) groups is 3. The zero-order valence-corrected chi connectivity index (χ0v) is 13.4. The molecule has 0 bridgehead atoms. The summed E-state index contributed by atoms with van der Waals surface area (Å²) in [5.41, 5.74) is -0.904. The van der Waals surface area contributed by atoms with Gasteiger partial charge >= 0.3 is 5.97 Å². The maximum atomic E-state index is 12.4. The lowest BCUT2D eigenvalue weighted by Crippen LogP contribution is -2.58. The van der Waals surface area contributed by atoms with E-state index in [4.69, 9.17) is 4.74 Å². The normalized spacial score (nSPS) is 21.9. The first-order valence-corrected chi connectivity index (χ1v) is 8.25. The molecule has 6 nitrogen and oxygen atoms in total. The number of methoxy groups -OCH3 is 1. The van der Waals surface area contributed by atoms with Gasteiger partial charge in [-0.25, -0.2) is 4.79 Å². The molecule has 0 aromatic heterocycles. The Labute approximate surface area is 131 Å². The van der Waals surface area contributed by atoms with E-state index in [0.29, 0.717) is 25.8 Å². The second-order valence-electron chi connectivity index (χ2n) is 6.31. The number of nitrogens with zero attached hydrogens (tertiary/aromatic N) is 1. The van der Waals surface area contributed by atoms with Crippen molar-refractivity contribution < 1.29 is 19.1 Å². The van der Waals surface area contributed by atoms with E-state index >= 15 is 0 Å². The number of esters is 1. The minimum absolute atomic E-state index is 0.0309. The topological polar surface area (TPSA) is 75.7 Å². The quantitative estimate of drug-likeness (QED) is 0.796. The molecule has 2 fully saturated rings. The Hall–Kier alpha value is -1.59. The van der Waals surface area contributed by atoms with Crippen molar-refractivity contribution in [3.8, 4) is 0 Å². The van der Waals surface area contributed by atoms with Gasteiger partial charge in [-0.2, -0.15) is 0 Å². The minimum Gasteiger partial charge on any atom is -0.467 e. The molecule has 1 saturated carbocycles. The van der Waals surface area contributed by atoms with Gasteiger partial charge in [0.25, 0.3) is 0 Å². The molecule has 124 valence electrons. The van der Waals surface area contributed by atoms with Crippen LogP contribution in [0.2, 0.25) is 0 Å². The lowest BCUT2D eigenvalue weighted by molar-refractivity contribution is -0.153. The summed E-state index contributed by atoms with van der Waals surface area (Å²) in [5.74, 6) is -0.603. The van der Waals surface area contributed by atoms with Gasteiger partial charge in [0.15, 0.2) is 0 Å². The van der Waals surface area contributed by atoms with Crippen LogP contribution in [-0.2, 0) is 19.1 Å². The molecule has 0 spiro atoms. The number of carbonyl (C=O) groups excluding carboxylic acids is 3. The first-order valence-electron chi connectivity index (χ1n) is 8.25. The molecule has 1 heterocycles. The van der Waals surface area contributed by atoms with Crippen LogP contribution < -0.4 is 5.32 Å². The van der Waals surface area contributed by atoms with Crippen molar-refractivity contribution >= 4 is 17.8 Å². The molecule has 1 aliphatic heterocycles. The fourth-order valence-electron chi connectivity index (χ4n) is 3.42. The first kappa shape index (κ1) is 16.8. The molecule has 2 aliphatic rings. The van der Waals surface area contributed by atoms with Gasteiger partial charge in [0.1, 0.15) is 5.54 Å². The fraction of sp³-hybridized carbons (Fsp3) is 0.812. The number of hydrogen-bond acceptors (Lipinski definition) is 4. The van der Waals surface area contributed by atoms with Crippen LogP contribution in [0.1, 0.15) is 57.8 Å². The van der Waals surface area contributed by atoms with Crippen LogP contribution in [0.15, 0.2) is 0 Å². The van der Waals surface area contributed by atoms with Gasteiger partial charge in [0.2, 0.25) is 11.8 Å². The van der Waals surface area contributed by atoms with E-state index in [2.05, 4.69) is 5.32 Å². The van der Waals surface area contributed by atoms with Crippen LogP contribution in [0, 0.1) is 0 Å². The van der Waals surface area contributed by atoms with Crippen molar-refractivity contribution in [2.24, 2.45) is 0 Å². The zero-order valence-electron chi connectivity index (χ0n) is 13.4.